The predicted molar refractivity (Wildman–Crippen MR) is 70.5 cm³/mol. The Hall–Kier alpha value is -2.10. The van der Waals surface area contributed by atoms with Crippen LogP contribution in [0.5, 0.6) is 0 Å². The molecule has 0 aliphatic carbocycles. The van der Waals surface area contributed by atoms with E-state index in [0.717, 1.165) is 22.5 Å². The molecule has 0 atom stereocenters. The maximum atomic E-state index is 12.0. The van der Waals surface area contributed by atoms with E-state index in [4.69, 9.17) is 0 Å². The van der Waals surface area contributed by atoms with Gasteiger partial charge in [0.05, 0.1) is 0 Å². The SMILES string of the molecule is Cc1ccc(C)c(C(=O)NCCc2ncc[nH]2)c1. The smallest absolute Gasteiger partial charge is 0.251 e. The molecule has 4 nitrogen and oxygen atoms in total. The summed E-state index contributed by atoms with van der Waals surface area (Å²) in [6, 6.07) is 5.89. The monoisotopic (exact) mass is 243 g/mol. The van der Waals surface area contributed by atoms with Crippen molar-refractivity contribution in [3.63, 3.8) is 0 Å². The highest BCUT2D eigenvalue weighted by Crippen LogP contribution is 2.10. The first-order valence-electron chi connectivity index (χ1n) is 6.00. The van der Waals surface area contributed by atoms with Crippen LogP contribution in [-0.4, -0.2) is 22.4 Å². The molecular weight excluding hydrogens is 226 g/mol. The number of aromatic amines is 1. The molecule has 0 spiro atoms. The highest BCUT2D eigenvalue weighted by molar-refractivity contribution is 5.95. The summed E-state index contributed by atoms with van der Waals surface area (Å²) in [7, 11) is 0. The zero-order valence-corrected chi connectivity index (χ0v) is 10.7. The summed E-state index contributed by atoms with van der Waals surface area (Å²) < 4.78 is 0. The first-order chi connectivity index (χ1) is 8.66. The second-order valence-electron chi connectivity index (χ2n) is 4.36. The van der Waals surface area contributed by atoms with Crippen LogP contribution in [-0.2, 0) is 6.42 Å². The number of aryl methyl sites for hydroxylation is 2. The van der Waals surface area contributed by atoms with E-state index in [1.54, 1.807) is 12.4 Å². The number of aromatic nitrogens is 2. The summed E-state index contributed by atoms with van der Waals surface area (Å²) in [5.41, 5.74) is 2.84. The Morgan fingerprint density at radius 1 is 1.39 bits per heavy atom. The zero-order valence-electron chi connectivity index (χ0n) is 10.7. The van der Waals surface area contributed by atoms with Crippen molar-refractivity contribution in [2.45, 2.75) is 20.3 Å². The van der Waals surface area contributed by atoms with Crippen molar-refractivity contribution >= 4 is 5.91 Å². The third kappa shape index (κ3) is 2.97. The van der Waals surface area contributed by atoms with E-state index in [9.17, 15) is 4.79 Å². The van der Waals surface area contributed by atoms with Gasteiger partial charge in [-0.3, -0.25) is 4.79 Å². The van der Waals surface area contributed by atoms with Gasteiger partial charge in [0.15, 0.2) is 0 Å². The molecule has 1 aromatic carbocycles. The first kappa shape index (κ1) is 12.4. The largest absolute Gasteiger partial charge is 0.352 e. The molecule has 2 aromatic rings. The van der Waals surface area contributed by atoms with Gasteiger partial charge in [-0.25, -0.2) is 4.98 Å². The van der Waals surface area contributed by atoms with Crippen LogP contribution in [0, 0.1) is 13.8 Å². The fourth-order valence-electron chi connectivity index (χ4n) is 1.80. The summed E-state index contributed by atoms with van der Waals surface area (Å²) in [5.74, 6) is 0.860. The topological polar surface area (TPSA) is 57.8 Å². The lowest BCUT2D eigenvalue weighted by atomic mass is 10.1. The van der Waals surface area contributed by atoms with E-state index in [-0.39, 0.29) is 5.91 Å². The van der Waals surface area contributed by atoms with Crippen LogP contribution in [0.1, 0.15) is 27.3 Å². The molecule has 0 radical (unpaired) electrons. The molecule has 2 N–H and O–H groups in total. The van der Waals surface area contributed by atoms with E-state index in [2.05, 4.69) is 15.3 Å². The second-order valence-corrected chi connectivity index (χ2v) is 4.36. The normalized spacial score (nSPS) is 10.3. The Bertz CT molecular complexity index is 532. The standard InChI is InChI=1S/C14H17N3O/c1-10-3-4-11(2)12(9-10)14(18)17-6-5-13-15-7-8-16-13/h3-4,7-9H,5-6H2,1-2H3,(H,15,16)(H,17,18). The lowest BCUT2D eigenvalue weighted by Crippen LogP contribution is -2.26. The maximum absolute atomic E-state index is 12.0. The van der Waals surface area contributed by atoms with Crippen molar-refractivity contribution in [3.8, 4) is 0 Å². The van der Waals surface area contributed by atoms with Gasteiger partial charge in [-0.05, 0) is 25.5 Å². The minimum absolute atomic E-state index is 0.0252. The van der Waals surface area contributed by atoms with Crippen molar-refractivity contribution in [2.24, 2.45) is 0 Å². The summed E-state index contributed by atoms with van der Waals surface area (Å²) in [6.45, 7) is 4.51. The third-order valence-electron chi connectivity index (χ3n) is 2.84. The van der Waals surface area contributed by atoms with Crippen molar-refractivity contribution in [1.29, 1.82) is 0 Å². The molecule has 1 aromatic heterocycles. The molecule has 0 saturated carbocycles. The van der Waals surface area contributed by atoms with Crippen molar-refractivity contribution in [2.75, 3.05) is 6.54 Å². The minimum Gasteiger partial charge on any atom is -0.352 e. The van der Waals surface area contributed by atoms with E-state index >= 15 is 0 Å². The van der Waals surface area contributed by atoms with Gasteiger partial charge < -0.3 is 10.3 Å². The van der Waals surface area contributed by atoms with Crippen molar-refractivity contribution in [3.05, 3.63) is 53.1 Å². The summed E-state index contributed by atoms with van der Waals surface area (Å²) >= 11 is 0. The van der Waals surface area contributed by atoms with E-state index < -0.39 is 0 Å². The Morgan fingerprint density at radius 2 is 2.22 bits per heavy atom. The van der Waals surface area contributed by atoms with Gasteiger partial charge in [-0.2, -0.15) is 0 Å². The highest BCUT2D eigenvalue weighted by atomic mass is 16.1. The van der Waals surface area contributed by atoms with Crippen LogP contribution in [0.15, 0.2) is 30.6 Å². The molecule has 1 amide bonds. The molecule has 2 rings (SSSR count). The highest BCUT2D eigenvalue weighted by Gasteiger charge is 2.08. The molecule has 0 saturated heterocycles. The Balaban J connectivity index is 1.93. The molecular formula is C14H17N3O. The molecule has 18 heavy (non-hydrogen) atoms. The fraction of sp³-hybridized carbons (Fsp3) is 0.286. The van der Waals surface area contributed by atoms with Crippen LogP contribution in [0.25, 0.3) is 0 Å². The van der Waals surface area contributed by atoms with Gasteiger partial charge in [0.25, 0.3) is 5.91 Å². The van der Waals surface area contributed by atoms with E-state index in [1.165, 1.54) is 0 Å². The van der Waals surface area contributed by atoms with Gasteiger partial charge in [-0.1, -0.05) is 17.7 Å². The number of carbonyl (C=O) groups is 1. The molecule has 0 bridgehead atoms. The Labute approximate surface area is 106 Å². The van der Waals surface area contributed by atoms with E-state index in [1.807, 2.05) is 32.0 Å². The lowest BCUT2D eigenvalue weighted by Gasteiger charge is -2.07. The third-order valence-corrected chi connectivity index (χ3v) is 2.84. The van der Waals surface area contributed by atoms with Crippen LogP contribution in [0.2, 0.25) is 0 Å². The van der Waals surface area contributed by atoms with Crippen molar-refractivity contribution in [1.82, 2.24) is 15.3 Å². The van der Waals surface area contributed by atoms with Crippen LogP contribution >= 0.6 is 0 Å². The molecule has 94 valence electrons. The lowest BCUT2D eigenvalue weighted by molar-refractivity contribution is 0.0953. The molecule has 4 heteroatoms. The average molecular weight is 243 g/mol. The Kier molecular flexibility index (Phi) is 3.77. The summed E-state index contributed by atoms with van der Waals surface area (Å²) in [5, 5.41) is 2.91. The van der Waals surface area contributed by atoms with Gasteiger partial charge in [-0.15, -0.1) is 0 Å². The summed E-state index contributed by atoms with van der Waals surface area (Å²) in [4.78, 5) is 19.1. The first-order valence-corrected chi connectivity index (χ1v) is 6.00. The maximum Gasteiger partial charge on any atom is 0.251 e. The number of hydrogen-bond donors (Lipinski definition) is 2. The second kappa shape index (κ2) is 5.49. The average Bonchev–Trinajstić information content (AvgIpc) is 2.85. The van der Waals surface area contributed by atoms with Crippen LogP contribution in [0.4, 0.5) is 0 Å². The number of nitrogens with one attached hydrogen (secondary N) is 2. The van der Waals surface area contributed by atoms with Gasteiger partial charge in [0, 0.05) is 30.9 Å². The fourth-order valence-corrected chi connectivity index (χ4v) is 1.80. The van der Waals surface area contributed by atoms with Crippen LogP contribution in [0.3, 0.4) is 0 Å². The molecule has 0 aliphatic rings. The number of carbonyl (C=O) groups excluding carboxylic acids is 1. The van der Waals surface area contributed by atoms with Gasteiger partial charge in [0.1, 0.15) is 5.82 Å². The van der Waals surface area contributed by atoms with Crippen LogP contribution < -0.4 is 5.32 Å². The van der Waals surface area contributed by atoms with Gasteiger partial charge in [0.2, 0.25) is 0 Å². The molecule has 0 fully saturated rings. The summed E-state index contributed by atoms with van der Waals surface area (Å²) in [6.07, 6.45) is 4.20. The predicted octanol–water partition coefficient (Wildman–Crippen LogP) is 2.00. The number of amides is 1. The number of nitrogens with zero attached hydrogens (tertiary/aromatic N) is 1. The molecule has 1 heterocycles. The van der Waals surface area contributed by atoms with Gasteiger partial charge >= 0.3 is 0 Å². The zero-order chi connectivity index (χ0) is 13.0. The Morgan fingerprint density at radius 3 is 2.94 bits per heavy atom. The van der Waals surface area contributed by atoms with Crippen molar-refractivity contribution < 1.29 is 4.79 Å². The quantitative estimate of drug-likeness (QED) is 0.863. The minimum atomic E-state index is -0.0252. The number of benzene rings is 1. The number of rotatable bonds is 4. The van der Waals surface area contributed by atoms with E-state index in [0.29, 0.717) is 13.0 Å². The number of imidazole rings is 1. The molecule has 0 unspecified atom stereocenters. The molecule has 0 aliphatic heterocycles. The number of hydrogen-bond acceptors (Lipinski definition) is 2. The number of H-pyrrole nitrogens is 1.